The molecule has 0 bridgehead atoms. The van der Waals surface area contributed by atoms with Crippen LogP contribution in [0.2, 0.25) is 0 Å². The van der Waals surface area contributed by atoms with E-state index >= 15 is 0 Å². The van der Waals surface area contributed by atoms with Gasteiger partial charge in [-0.25, -0.2) is 0 Å². The zero-order chi connectivity index (χ0) is 9.84. The first-order valence-corrected chi connectivity index (χ1v) is 4.78. The fourth-order valence-electron chi connectivity index (χ4n) is 1.62. The maximum atomic E-state index is 4.32. The molecule has 0 aliphatic rings. The minimum Gasteiger partial charge on any atom is -0.261 e. The molecular formula is C12H17N. The van der Waals surface area contributed by atoms with E-state index in [9.17, 15) is 0 Å². The molecule has 13 heavy (non-hydrogen) atoms. The van der Waals surface area contributed by atoms with Crippen LogP contribution < -0.4 is 0 Å². The second kappa shape index (κ2) is 4.22. The fraction of sp³-hybridized carbons (Fsp3) is 0.417. The number of hydrogen-bond acceptors (Lipinski definition) is 1. The Morgan fingerprint density at radius 1 is 1.46 bits per heavy atom. The summed E-state index contributed by atoms with van der Waals surface area (Å²) in [6.45, 7) is 10.2. The molecule has 1 aromatic heterocycles. The average Bonchev–Trinajstić information content (AvgIpc) is 2.12. The Labute approximate surface area is 80.5 Å². The highest BCUT2D eigenvalue weighted by molar-refractivity contribution is 5.56. The smallest absolute Gasteiger partial charge is 0.0447 e. The first-order chi connectivity index (χ1) is 6.20. The van der Waals surface area contributed by atoms with Crippen molar-refractivity contribution in [2.45, 2.75) is 33.6 Å². The van der Waals surface area contributed by atoms with Crippen LogP contribution in [0.15, 0.2) is 12.8 Å². The largest absolute Gasteiger partial charge is 0.261 e. The molecule has 0 amide bonds. The molecule has 1 nitrogen and oxygen atoms in total. The van der Waals surface area contributed by atoms with E-state index in [-0.39, 0.29) is 0 Å². The quantitative estimate of drug-likeness (QED) is 0.687. The monoisotopic (exact) mass is 175 g/mol. The second-order valence-electron chi connectivity index (χ2n) is 3.37. The molecule has 1 heteroatoms. The summed E-state index contributed by atoms with van der Waals surface area (Å²) in [7, 11) is 0. The van der Waals surface area contributed by atoms with Gasteiger partial charge in [-0.1, -0.05) is 26.0 Å². The van der Waals surface area contributed by atoms with E-state index in [0.717, 1.165) is 12.1 Å². The van der Waals surface area contributed by atoms with Gasteiger partial charge in [-0.15, -0.1) is 0 Å². The Bertz CT molecular complexity index is 313. The van der Waals surface area contributed by atoms with E-state index < -0.39 is 0 Å². The summed E-state index contributed by atoms with van der Waals surface area (Å²) >= 11 is 0. The van der Waals surface area contributed by atoms with Gasteiger partial charge in [0.05, 0.1) is 0 Å². The van der Waals surface area contributed by atoms with E-state index in [4.69, 9.17) is 0 Å². The number of aromatic nitrogens is 1. The molecule has 0 atom stereocenters. The standard InChI is InChI=1S/C12H17N/c1-5-7-12-9(3)8-13-10(4)11(12)6-2/h6,8H,2,5,7H2,1,3-4H3. The highest BCUT2D eigenvalue weighted by atomic mass is 14.7. The molecular weight excluding hydrogens is 158 g/mol. The third-order valence-corrected chi connectivity index (χ3v) is 2.35. The van der Waals surface area contributed by atoms with E-state index in [0.29, 0.717) is 0 Å². The zero-order valence-electron chi connectivity index (χ0n) is 8.72. The molecule has 1 aromatic rings. The van der Waals surface area contributed by atoms with E-state index in [2.05, 4.69) is 25.4 Å². The van der Waals surface area contributed by atoms with Crippen molar-refractivity contribution < 1.29 is 0 Å². The van der Waals surface area contributed by atoms with Gasteiger partial charge in [0.25, 0.3) is 0 Å². The number of aryl methyl sites for hydroxylation is 2. The summed E-state index contributed by atoms with van der Waals surface area (Å²) < 4.78 is 0. The van der Waals surface area contributed by atoms with Gasteiger partial charge < -0.3 is 0 Å². The summed E-state index contributed by atoms with van der Waals surface area (Å²) in [6, 6.07) is 0. The van der Waals surface area contributed by atoms with Crippen LogP contribution in [-0.4, -0.2) is 4.98 Å². The Kier molecular flexibility index (Phi) is 3.24. The van der Waals surface area contributed by atoms with Gasteiger partial charge >= 0.3 is 0 Å². The Balaban J connectivity index is 3.25. The molecule has 0 fully saturated rings. The van der Waals surface area contributed by atoms with Crippen molar-refractivity contribution in [1.82, 2.24) is 4.98 Å². The van der Waals surface area contributed by atoms with Crippen LogP contribution in [-0.2, 0) is 6.42 Å². The average molecular weight is 175 g/mol. The van der Waals surface area contributed by atoms with Crippen LogP contribution in [0.25, 0.3) is 6.08 Å². The van der Waals surface area contributed by atoms with Gasteiger partial charge in [0.1, 0.15) is 0 Å². The number of nitrogens with zero attached hydrogens (tertiary/aromatic N) is 1. The van der Waals surface area contributed by atoms with Crippen molar-refractivity contribution in [3.8, 4) is 0 Å². The van der Waals surface area contributed by atoms with Crippen molar-refractivity contribution in [2.24, 2.45) is 0 Å². The van der Waals surface area contributed by atoms with Crippen LogP contribution in [0, 0.1) is 13.8 Å². The maximum Gasteiger partial charge on any atom is 0.0447 e. The molecule has 0 unspecified atom stereocenters. The molecule has 0 radical (unpaired) electrons. The molecule has 0 aliphatic heterocycles. The minimum atomic E-state index is 1.09. The van der Waals surface area contributed by atoms with Crippen molar-refractivity contribution in [3.63, 3.8) is 0 Å². The lowest BCUT2D eigenvalue weighted by Gasteiger charge is -2.10. The van der Waals surface area contributed by atoms with Crippen LogP contribution >= 0.6 is 0 Å². The first kappa shape index (κ1) is 9.97. The normalized spacial score (nSPS) is 10.1. The second-order valence-corrected chi connectivity index (χ2v) is 3.37. The third-order valence-electron chi connectivity index (χ3n) is 2.35. The maximum absolute atomic E-state index is 4.32. The zero-order valence-corrected chi connectivity index (χ0v) is 8.72. The molecule has 1 heterocycles. The molecule has 0 saturated heterocycles. The van der Waals surface area contributed by atoms with Crippen LogP contribution in [0.3, 0.4) is 0 Å². The van der Waals surface area contributed by atoms with E-state index in [1.165, 1.54) is 23.1 Å². The number of hydrogen-bond donors (Lipinski definition) is 0. The molecule has 0 aliphatic carbocycles. The van der Waals surface area contributed by atoms with Gasteiger partial charge in [-0.3, -0.25) is 4.98 Å². The van der Waals surface area contributed by atoms with Crippen molar-refractivity contribution in [2.75, 3.05) is 0 Å². The van der Waals surface area contributed by atoms with E-state index in [1.807, 2.05) is 19.2 Å². The Hall–Kier alpha value is -1.11. The summed E-state index contributed by atoms with van der Waals surface area (Å²) in [5.41, 5.74) is 5.00. The molecule has 0 aromatic carbocycles. The van der Waals surface area contributed by atoms with Gasteiger partial charge in [-0.05, 0) is 37.0 Å². The van der Waals surface area contributed by atoms with Gasteiger partial charge in [0.2, 0.25) is 0 Å². The number of pyridine rings is 1. The summed E-state index contributed by atoms with van der Waals surface area (Å²) in [4.78, 5) is 4.32. The highest BCUT2D eigenvalue weighted by Gasteiger charge is 2.05. The lowest BCUT2D eigenvalue weighted by molar-refractivity contribution is 0.899. The van der Waals surface area contributed by atoms with Crippen LogP contribution in [0.4, 0.5) is 0 Å². The van der Waals surface area contributed by atoms with Gasteiger partial charge in [0, 0.05) is 11.9 Å². The lowest BCUT2D eigenvalue weighted by Crippen LogP contribution is -1.98. The molecule has 1 rings (SSSR count). The molecule has 70 valence electrons. The Morgan fingerprint density at radius 3 is 2.69 bits per heavy atom. The van der Waals surface area contributed by atoms with Crippen molar-refractivity contribution >= 4 is 6.08 Å². The van der Waals surface area contributed by atoms with E-state index in [1.54, 1.807) is 0 Å². The fourth-order valence-corrected chi connectivity index (χ4v) is 1.62. The van der Waals surface area contributed by atoms with Crippen LogP contribution in [0.1, 0.15) is 35.7 Å². The SMILES string of the molecule is C=Cc1c(C)ncc(C)c1CCC. The first-order valence-electron chi connectivity index (χ1n) is 4.78. The van der Waals surface area contributed by atoms with Gasteiger partial charge in [-0.2, -0.15) is 0 Å². The topological polar surface area (TPSA) is 12.9 Å². The lowest BCUT2D eigenvalue weighted by atomic mass is 9.98. The highest BCUT2D eigenvalue weighted by Crippen LogP contribution is 2.19. The van der Waals surface area contributed by atoms with Crippen LogP contribution in [0.5, 0.6) is 0 Å². The predicted molar refractivity (Wildman–Crippen MR) is 57.8 cm³/mol. The number of rotatable bonds is 3. The molecule has 0 N–H and O–H groups in total. The molecule has 0 saturated carbocycles. The predicted octanol–water partition coefficient (Wildman–Crippen LogP) is 3.29. The minimum absolute atomic E-state index is 1.09. The summed E-state index contributed by atoms with van der Waals surface area (Å²) in [5.74, 6) is 0. The molecule has 0 spiro atoms. The van der Waals surface area contributed by atoms with Crippen molar-refractivity contribution in [3.05, 3.63) is 35.2 Å². The summed E-state index contributed by atoms with van der Waals surface area (Å²) in [6.07, 6.45) is 6.16. The van der Waals surface area contributed by atoms with Crippen molar-refractivity contribution in [1.29, 1.82) is 0 Å². The Morgan fingerprint density at radius 2 is 2.15 bits per heavy atom. The summed E-state index contributed by atoms with van der Waals surface area (Å²) in [5, 5.41) is 0. The van der Waals surface area contributed by atoms with Gasteiger partial charge in [0.15, 0.2) is 0 Å². The third kappa shape index (κ3) is 1.97.